The number of carbonyl (C=O) groups is 2. The molecular formula is C22H17Cl2NO5. The van der Waals surface area contributed by atoms with Gasteiger partial charge in [0.1, 0.15) is 16.9 Å². The van der Waals surface area contributed by atoms with Crippen molar-refractivity contribution in [3.63, 3.8) is 0 Å². The monoisotopic (exact) mass is 445 g/mol. The molecule has 0 unspecified atom stereocenters. The first-order chi connectivity index (χ1) is 14.4. The number of rotatable bonds is 6. The van der Waals surface area contributed by atoms with Crippen LogP contribution in [0.4, 0.5) is 0 Å². The van der Waals surface area contributed by atoms with Gasteiger partial charge < -0.3 is 14.5 Å². The number of esters is 1. The third-order valence-electron chi connectivity index (χ3n) is 4.07. The summed E-state index contributed by atoms with van der Waals surface area (Å²) in [4.78, 5) is 36.3. The second-order valence-electron chi connectivity index (χ2n) is 6.32. The first kappa shape index (κ1) is 21.6. The van der Waals surface area contributed by atoms with Crippen molar-refractivity contribution in [3.05, 3.63) is 80.1 Å². The molecule has 0 bridgehead atoms. The molecule has 0 fully saturated rings. The van der Waals surface area contributed by atoms with E-state index in [0.717, 1.165) is 6.42 Å². The molecule has 6 nitrogen and oxygen atoms in total. The van der Waals surface area contributed by atoms with Crippen molar-refractivity contribution in [3.8, 4) is 5.75 Å². The smallest absolute Gasteiger partial charge is 0.349 e. The lowest BCUT2D eigenvalue weighted by Gasteiger charge is -2.05. The van der Waals surface area contributed by atoms with Gasteiger partial charge in [0.15, 0.2) is 0 Å². The fraction of sp³-hybridized carbons (Fsp3) is 0.136. The molecule has 3 rings (SSSR count). The molecule has 1 amide bonds. The number of halogens is 2. The Morgan fingerprint density at radius 1 is 1.13 bits per heavy atom. The van der Waals surface area contributed by atoms with E-state index >= 15 is 0 Å². The topological polar surface area (TPSA) is 85.6 Å². The van der Waals surface area contributed by atoms with Crippen LogP contribution in [0.5, 0.6) is 5.75 Å². The predicted molar refractivity (Wildman–Crippen MR) is 116 cm³/mol. The van der Waals surface area contributed by atoms with Gasteiger partial charge in [0, 0.05) is 34.1 Å². The van der Waals surface area contributed by atoms with E-state index in [4.69, 9.17) is 32.4 Å². The maximum absolute atomic E-state index is 12.1. The fourth-order valence-corrected chi connectivity index (χ4v) is 3.06. The van der Waals surface area contributed by atoms with Gasteiger partial charge in [-0.25, -0.2) is 9.59 Å². The molecule has 0 aliphatic rings. The molecule has 2 aromatic carbocycles. The molecule has 154 valence electrons. The molecule has 0 saturated heterocycles. The summed E-state index contributed by atoms with van der Waals surface area (Å²) < 4.78 is 10.5. The molecule has 3 aromatic rings. The van der Waals surface area contributed by atoms with Crippen molar-refractivity contribution in [2.24, 2.45) is 0 Å². The maximum atomic E-state index is 12.1. The van der Waals surface area contributed by atoms with E-state index in [1.54, 1.807) is 24.3 Å². The van der Waals surface area contributed by atoms with Crippen molar-refractivity contribution >= 4 is 52.1 Å². The van der Waals surface area contributed by atoms with Crippen LogP contribution in [-0.2, 0) is 4.79 Å². The van der Waals surface area contributed by atoms with Crippen LogP contribution in [0.2, 0.25) is 10.0 Å². The zero-order valence-corrected chi connectivity index (χ0v) is 17.4. The quantitative estimate of drug-likeness (QED) is 0.253. The molecule has 0 spiro atoms. The van der Waals surface area contributed by atoms with Crippen LogP contribution in [0.15, 0.2) is 57.8 Å². The lowest BCUT2D eigenvalue weighted by atomic mass is 10.1. The SMILES string of the molecule is CCCNC(=O)c1cc2ccc(OC(=O)/C=C/c3ccc(Cl)cc3Cl)cc2oc1=O. The molecule has 0 aliphatic carbocycles. The number of ether oxygens (including phenoxy) is 1. The van der Waals surface area contributed by atoms with Gasteiger partial charge in [-0.05, 0) is 48.4 Å². The minimum Gasteiger partial charge on any atom is -0.423 e. The maximum Gasteiger partial charge on any atom is 0.349 e. The highest BCUT2D eigenvalue weighted by atomic mass is 35.5. The zero-order chi connectivity index (χ0) is 21.7. The molecule has 0 aliphatic heterocycles. The molecule has 30 heavy (non-hydrogen) atoms. The number of carbonyl (C=O) groups excluding carboxylic acids is 2. The van der Waals surface area contributed by atoms with E-state index in [-0.39, 0.29) is 16.9 Å². The average molecular weight is 446 g/mol. The minimum atomic E-state index is -0.767. The molecule has 1 heterocycles. The van der Waals surface area contributed by atoms with Gasteiger partial charge in [-0.3, -0.25) is 4.79 Å². The molecule has 1 aromatic heterocycles. The van der Waals surface area contributed by atoms with Gasteiger partial charge in [0.2, 0.25) is 0 Å². The summed E-state index contributed by atoms with van der Waals surface area (Å²) in [6, 6.07) is 10.9. The summed E-state index contributed by atoms with van der Waals surface area (Å²) >= 11 is 11.9. The lowest BCUT2D eigenvalue weighted by molar-refractivity contribution is -0.128. The Hall–Kier alpha value is -3.09. The van der Waals surface area contributed by atoms with E-state index in [1.807, 2.05) is 6.92 Å². The van der Waals surface area contributed by atoms with Gasteiger partial charge >= 0.3 is 11.6 Å². The number of benzene rings is 2. The number of amides is 1. The molecule has 0 atom stereocenters. The Morgan fingerprint density at radius 3 is 2.67 bits per heavy atom. The van der Waals surface area contributed by atoms with E-state index in [2.05, 4.69) is 5.32 Å². The number of hydrogen-bond acceptors (Lipinski definition) is 5. The van der Waals surface area contributed by atoms with Crippen LogP contribution in [0, 0.1) is 0 Å². The van der Waals surface area contributed by atoms with Crippen LogP contribution in [0.25, 0.3) is 17.0 Å². The van der Waals surface area contributed by atoms with Crippen LogP contribution in [0.1, 0.15) is 29.3 Å². The number of fused-ring (bicyclic) bond motifs is 1. The molecule has 1 N–H and O–H groups in total. The van der Waals surface area contributed by atoms with Crippen molar-refractivity contribution in [1.29, 1.82) is 0 Å². The summed E-state index contributed by atoms with van der Waals surface area (Å²) in [5, 5.41) is 4.05. The highest BCUT2D eigenvalue weighted by Crippen LogP contribution is 2.23. The normalized spacial score (nSPS) is 11.0. The third-order valence-corrected chi connectivity index (χ3v) is 4.63. The van der Waals surface area contributed by atoms with E-state index in [0.29, 0.717) is 27.5 Å². The second-order valence-corrected chi connectivity index (χ2v) is 7.17. The Kier molecular flexibility index (Phi) is 6.92. The Morgan fingerprint density at radius 2 is 1.93 bits per heavy atom. The largest absolute Gasteiger partial charge is 0.423 e. The highest BCUT2D eigenvalue weighted by Gasteiger charge is 2.14. The summed E-state index contributed by atoms with van der Waals surface area (Å²) in [7, 11) is 0. The average Bonchev–Trinajstić information content (AvgIpc) is 2.70. The van der Waals surface area contributed by atoms with Gasteiger partial charge in [0.25, 0.3) is 5.91 Å². The number of hydrogen-bond donors (Lipinski definition) is 1. The van der Waals surface area contributed by atoms with Crippen LogP contribution < -0.4 is 15.7 Å². The van der Waals surface area contributed by atoms with Crippen LogP contribution >= 0.6 is 23.2 Å². The van der Waals surface area contributed by atoms with Crippen molar-refractivity contribution in [2.75, 3.05) is 6.54 Å². The van der Waals surface area contributed by atoms with Gasteiger partial charge in [-0.2, -0.15) is 0 Å². The summed E-state index contributed by atoms with van der Waals surface area (Å²) in [5.41, 5.74) is -0.0428. The van der Waals surface area contributed by atoms with Crippen LogP contribution in [0.3, 0.4) is 0 Å². The van der Waals surface area contributed by atoms with Crippen molar-refractivity contribution in [1.82, 2.24) is 5.32 Å². The first-order valence-electron chi connectivity index (χ1n) is 9.08. The van der Waals surface area contributed by atoms with Gasteiger partial charge in [-0.15, -0.1) is 0 Å². The lowest BCUT2D eigenvalue weighted by Crippen LogP contribution is -2.28. The molecule has 0 radical (unpaired) electrons. The van der Waals surface area contributed by atoms with Crippen molar-refractivity contribution < 1.29 is 18.7 Å². The standard InChI is InChI=1S/C22H17Cl2NO5/c1-2-9-25-21(27)17-10-14-4-7-16(12-19(14)30-22(17)28)29-20(26)8-5-13-3-6-15(23)11-18(13)24/h3-8,10-12H,2,9H2,1H3,(H,25,27)/b8-5+. The summed E-state index contributed by atoms with van der Waals surface area (Å²) in [5.74, 6) is -0.946. The minimum absolute atomic E-state index is 0.0801. The molecule has 0 saturated carbocycles. The Balaban J connectivity index is 1.76. The Labute approximate surface area is 182 Å². The fourth-order valence-electron chi connectivity index (χ4n) is 2.59. The van der Waals surface area contributed by atoms with E-state index < -0.39 is 17.5 Å². The zero-order valence-electron chi connectivity index (χ0n) is 15.9. The first-order valence-corrected chi connectivity index (χ1v) is 9.84. The summed E-state index contributed by atoms with van der Waals surface area (Å²) in [6.45, 7) is 2.37. The number of nitrogens with one attached hydrogen (secondary N) is 1. The third kappa shape index (κ3) is 5.28. The molecular weight excluding hydrogens is 429 g/mol. The van der Waals surface area contributed by atoms with E-state index in [9.17, 15) is 14.4 Å². The second kappa shape index (κ2) is 9.61. The highest BCUT2D eigenvalue weighted by molar-refractivity contribution is 6.35. The Bertz CT molecular complexity index is 1200. The van der Waals surface area contributed by atoms with Crippen molar-refractivity contribution in [2.45, 2.75) is 13.3 Å². The van der Waals surface area contributed by atoms with E-state index in [1.165, 1.54) is 30.4 Å². The van der Waals surface area contributed by atoms with Crippen LogP contribution in [-0.4, -0.2) is 18.4 Å². The van der Waals surface area contributed by atoms with Gasteiger partial charge in [-0.1, -0.05) is 36.2 Å². The predicted octanol–water partition coefficient (Wildman–Crippen LogP) is 4.86. The molecule has 8 heteroatoms. The van der Waals surface area contributed by atoms with Gasteiger partial charge in [0.05, 0.1) is 0 Å². The summed E-state index contributed by atoms with van der Waals surface area (Å²) in [6.07, 6.45) is 3.47.